The minimum absolute atomic E-state index is 0.429. The number of anilines is 1. The Bertz CT molecular complexity index is 1120. The van der Waals surface area contributed by atoms with Gasteiger partial charge in [-0.25, -0.2) is 19.5 Å². The molecule has 5 heterocycles. The maximum atomic E-state index is 4.68. The van der Waals surface area contributed by atoms with Crippen molar-refractivity contribution in [1.29, 1.82) is 0 Å². The average molecular weight is 390 g/mol. The molecule has 29 heavy (non-hydrogen) atoms. The third kappa shape index (κ3) is 3.67. The van der Waals surface area contributed by atoms with Crippen LogP contribution in [0, 0.1) is 5.92 Å². The minimum Gasteiger partial charge on any atom is -0.350 e. The van der Waals surface area contributed by atoms with Gasteiger partial charge in [0, 0.05) is 67.8 Å². The highest BCUT2D eigenvalue weighted by Crippen LogP contribution is 2.25. The van der Waals surface area contributed by atoms with Crippen molar-refractivity contribution in [3.63, 3.8) is 0 Å². The molecule has 0 aromatic carbocycles. The average Bonchev–Trinajstić information content (AvgIpc) is 3.35. The summed E-state index contributed by atoms with van der Waals surface area (Å²) in [4.78, 5) is 15.7. The summed E-state index contributed by atoms with van der Waals surface area (Å²) in [6, 6.07) is 2.48. The van der Waals surface area contributed by atoms with Crippen LogP contribution in [0.1, 0.15) is 26.7 Å². The van der Waals surface area contributed by atoms with Crippen LogP contribution in [0.5, 0.6) is 0 Å². The van der Waals surface area contributed by atoms with Crippen LogP contribution in [0.15, 0.2) is 43.2 Å². The van der Waals surface area contributed by atoms with Gasteiger partial charge in [-0.2, -0.15) is 0 Å². The van der Waals surface area contributed by atoms with Gasteiger partial charge in [0.1, 0.15) is 0 Å². The predicted octanol–water partition coefficient (Wildman–Crippen LogP) is 2.97. The third-order valence-electron chi connectivity index (χ3n) is 5.52. The van der Waals surface area contributed by atoms with Crippen molar-refractivity contribution >= 4 is 17.2 Å². The molecule has 0 amide bonds. The lowest BCUT2D eigenvalue weighted by Crippen LogP contribution is -2.40. The van der Waals surface area contributed by atoms with Gasteiger partial charge in [-0.05, 0) is 24.8 Å². The van der Waals surface area contributed by atoms with Crippen LogP contribution in [0.2, 0.25) is 0 Å². The second kappa shape index (κ2) is 7.44. The standard InChI is InChI=1S/C21H26N8/c1-15(2)13-27-7-3-17(4-8-27)25-20-23-12-19-18(5-9-29(19)26-20)16-11-24-21-22-6-10-28(21)14-16/h5-6,9-12,14-15,17H,3-4,7-8,13H2,1-2H3,(H,25,26). The molecule has 0 atom stereocenters. The van der Waals surface area contributed by atoms with E-state index in [4.69, 9.17) is 0 Å². The summed E-state index contributed by atoms with van der Waals surface area (Å²) in [7, 11) is 0. The van der Waals surface area contributed by atoms with Gasteiger partial charge in [-0.15, -0.1) is 5.10 Å². The van der Waals surface area contributed by atoms with E-state index in [1.165, 1.54) is 6.54 Å². The maximum absolute atomic E-state index is 4.68. The van der Waals surface area contributed by atoms with Crippen molar-refractivity contribution in [1.82, 2.24) is 33.9 Å². The lowest BCUT2D eigenvalue weighted by molar-refractivity contribution is 0.197. The highest BCUT2D eigenvalue weighted by molar-refractivity contribution is 5.79. The number of fused-ring (bicyclic) bond motifs is 2. The van der Waals surface area contributed by atoms with Crippen molar-refractivity contribution in [3.8, 4) is 11.1 Å². The fourth-order valence-electron chi connectivity index (χ4n) is 4.12. The van der Waals surface area contributed by atoms with Crippen LogP contribution in [-0.4, -0.2) is 59.5 Å². The summed E-state index contributed by atoms with van der Waals surface area (Å²) in [5.74, 6) is 2.10. The molecule has 0 spiro atoms. The summed E-state index contributed by atoms with van der Waals surface area (Å²) in [6.07, 6.45) is 13.6. The van der Waals surface area contributed by atoms with E-state index in [2.05, 4.69) is 50.2 Å². The first-order valence-electron chi connectivity index (χ1n) is 10.3. The first kappa shape index (κ1) is 18.1. The van der Waals surface area contributed by atoms with E-state index in [-0.39, 0.29) is 0 Å². The van der Waals surface area contributed by atoms with Gasteiger partial charge in [-0.1, -0.05) is 13.8 Å². The zero-order chi connectivity index (χ0) is 19.8. The lowest BCUT2D eigenvalue weighted by atomic mass is 10.0. The molecule has 0 radical (unpaired) electrons. The van der Waals surface area contributed by atoms with Gasteiger partial charge in [0.2, 0.25) is 11.7 Å². The molecule has 150 valence electrons. The molecular weight excluding hydrogens is 364 g/mol. The van der Waals surface area contributed by atoms with Gasteiger partial charge in [-0.3, -0.25) is 4.40 Å². The summed E-state index contributed by atoms with van der Waals surface area (Å²) < 4.78 is 3.80. The first-order valence-corrected chi connectivity index (χ1v) is 10.3. The second-order valence-electron chi connectivity index (χ2n) is 8.23. The smallest absolute Gasteiger partial charge is 0.241 e. The van der Waals surface area contributed by atoms with Crippen LogP contribution in [-0.2, 0) is 0 Å². The van der Waals surface area contributed by atoms with Crippen molar-refractivity contribution in [2.75, 3.05) is 25.0 Å². The molecule has 0 bridgehead atoms. The Labute approximate surface area is 169 Å². The second-order valence-corrected chi connectivity index (χ2v) is 8.23. The monoisotopic (exact) mass is 390 g/mol. The van der Waals surface area contributed by atoms with Gasteiger partial charge in [0.15, 0.2) is 0 Å². The van der Waals surface area contributed by atoms with E-state index in [0.29, 0.717) is 17.8 Å². The third-order valence-corrected chi connectivity index (χ3v) is 5.52. The van der Waals surface area contributed by atoms with E-state index in [0.717, 1.165) is 48.5 Å². The molecule has 1 fully saturated rings. The van der Waals surface area contributed by atoms with Crippen LogP contribution < -0.4 is 5.32 Å². The molecule has 4 aromatic rings. The van der Waals surface area contributed by atoms with Crippen molar-refractivity contribution in [2.45, 2.75) is 32.7 Å². The number of hydrogen-bond donors (Lipinski definition) is 1. The van der Waals surface area contributed by atoms with Crippen LogP contribution >= 0.6 is 0 Å². The first-order chi connectivity index (χ1) is 14.2. The normalized spacial score (nSPS) is 16.2. The SMILES string of the molecule is CC(C)CN1CCC(Nc2ncc3c(-c4cnc5nccn5c4)ccn3n2)CC1. The number of rotatable bonds is 5. The maximum Gasteiger partial charge on any atom is 0.241 e. The van der Waals surface area contributed by atoms with E-state index >= 15 is 0 Å². The van der Waals surface area contributed by atoms with E-state index in [9.17, 15) is 0 Å². The van der Waals surface area contributed by atoms with Gasteiger partial charge in [0.05, 0.1) is 11.7 Å². The summed E-state index contributed by atoms with van der Waals surface area (Å²) >= 11 is 0. The van der Waals surface area contributed by atoms with E-state index in [1.807, 2.05) is 39.9 Å². The number of imidazole rings is 1. The Morgan fingerprint density at radius 3 is 2.79 bits per heavy atom. The molecule has 1 saturated heterocycles. The highest BCUT2D eigenvalue weighted by atomic mass is 15.3. The number of nitrogens with zero attached hydrogens (tertiary/aromatic N) is 7. The molecule has 8 heteroatoms. The van der Waals surface area contributed by atoms with Gasteiger partial charge < -0.3 is 10.2 Å². The predicted molar refractivity (Wildman–Crippen MR) is 113 cm³/mol. The Kier molecular flexibility index (Phi) is 4.63. The number of likely N-dealkylation sites (tertiary alicyclic amines) is 1. The molecule has 0 saturated carbocycles. The molecule has 0 unspecified atom stereocenters. The Balaban J connectivity index is 1.32. The highest BCUT2D eigenvalue weighted by Gasteiger charge is 2.20. The number of aromatic nitrogens is 6. The summed E-state index contributed by atoms with van der Waals surface area (Å²) in [6.45, 7) is 8.01. The fraction of sp³-hybridized carbons (Fsp3) is 0.429. The quantitative estimate of drug-likeness (QED) is 0.565. The van der Waals surface area contributed by atoms with Gasteiger partial charge in [0.25, 0.3) is 0 Å². The number of hydrogen-bond acceptors (Lipinski definition) is 6. The Hall–Kier alpha value is -3.00. The van der Waals surface area contributed by atoms with Crippen molar-refractivity contribution in [2.24, 2.45) is 5.92 Å². The molecule has 8 nitrogen and oxygen atoms in total. The van der Waals surface area contributed by atoms with E-state index in [1.54, 1.807) is 6.20 Å². The number of nitrogens with one attached hydrogen (secondary N) is 1. The van der Waals surface area contributed by atoms with Gasteiger partial charge >= 0.3 is 0 Å². The Morgan fingerprint density at radius 2 is 1.97 bits per heavy atom. The molecule has 0 aliphatic carbocycles. The zero-order valence-corrected chi connectivity index (χ0v) is 16.9. The topological polar surface area (TPSA) is 75.6 Å². The Morgan fingerprint density at radius 1 is 1.10 bits per heavy atom. The summed E-state index contributed by atoms with van der Waals surface area (Å²) in [5.41, 5.74) is 3.03. The van der Waals surface area contributed by atoms with Crippen molar-refractivity contribution in [3.05, 3.63) is 43.2 Å². The van der Waals surface area contributed by atoms with Crippen molar-refractivity contribution < 1.29 is 0 Å². The van der Waals surface area contributed by atoms with E-state index < -0.39 is 0 Å². The van der Waals surface area contributed by atoms with Crippen LogP contribution in [0.4, 0.5) is 5.95 Å². The fourth-order valence-corrected chi connectivity index (χ4v) is 4.12. The molecule has 1 aliphatic heterocycles. The lowest BCUT2D eigenvalue weighted by Gasteiger charge is -2.33. The largest absolute Gasteiger partial charge is 0.350 e. The summed E-state index contributed by atoms with van der Waals surface area (Å²) in [5, 5.41) is 8.20. The minimum atomic E-state index is 0.429. The van der Waals surface area contributed by atoms with Crippen LogP contribution in [0.25, 0.3) is 22.4 Å². The molecule has 4 aromatic heterocycles. The van der Waals surface area contributed by atoms with Crippen LogP contribution in [0.3, 0.4) is 0 Å². The molecular formula is C21H26N8. The molecule has 1 N–H and O–H groups in total. The zero-order valence-electron chi connectivity index (χ0n) is 16.9. The molecule has 5 rings (SSSR count). The molecule has 1 aliphatic rings. The number of piperidine rings is 1.